The number of aryl methyl sites for hydroxylation is 1. The van der Waals surface area contributed by atoms with Crippen LogP contribution < -0.4 is 5.73 Å². The third-order valence-corrected chi connectivity index (χ3v) is 4.72. The molecule has 0 spiro atoms. The van der Waals surface area contributed by atoms with Crippen LogP contribution in [0.25, 0.3) is 11.5 Å². The summed E-state index contributed by atoms with van der Waals surface area (Å²) in [6.45, 7) is 2.07. The van der Waals surface area contributed by atoms with Crippen molar-refractivity contribution in [1.29, 1.82) is 0 Å². The first kappa shape index (κ1) is 12.1. The Bertz CT molecular complexity index is 577. The van der Waals surface area contributed by atoms with Gasteiger partial charge in [0.15, 0.2) is 5.82 Å². The van der Waals surface area contributed by atoms with E-state index in [9.17, 15) is 0 Å². The van der Waals surface area contributed by atoms with E-state index < -0.39 is 0 Å². The summed E-state index contributed by atoms with van der Waals surface area (Å²) in [4.78, 5) is 4.44. The molecule has 2 N–H and O–H groups in total. The fourth-order valence-electron chi connectivity index (χ4n) is 1.96. The summed E-state index contributed by atoms with van der Waals surface area (Å²) in [5.41, 5.74) is 8.26. The molecule has 0 bridgehead atoms. The van der Waals surface area contributed by atoms with Gasteiger partial charge in [0.25, 0.3) is 5.89 Å². The normalized spacial score (nSPS) is 16.8. The molecular weight excluding hydrogens is 341 g/mol. The van der Waals surface area contributed by atoms with E-state index in [-0.39, 0.29) is 6.04 Å². The van der Waals surface area contributed by atoms with E-state index in [1.54, 1.807) is 0 Å². The Balaban J connectivity index is 1.94. The smallest absolute Gasteiger partial charge is 0.259 e. The van der Waals surface area contributed by atoms with Gasteiger partial charge >= 0.3 is 0 Å². The van der Waals surface area contributed by atoms with Crippen molar-refractivity contribution in [3.8, 4) is 11.5 Å². The highest BCUT2D eigenvalue weighted by molar-refractivity contribution is 14.1. The highest BCUT2D eigenvalue weighted by Gasteiger charge is 2.32. The van der Waals surface area contributed by atoms with Gasteiger partial charge in [0, 0.05) is 3.57 Å². The molecule has 1 heterocycles. The molecule has 2 aromatic rings. The van der Waals surface area contributed by atoms with Crippen molar-refractivity contribution in [2.75, 3.05) is 0 Å². The number of nitrogens with two attached hydrogens (primary N) is 1. The zero-order valence-corrected chi connectivity index (χ0v) is 12.2. The highest BCUT2D eigenvalue weighted by atomic mass is 127. The highest BCUT2D eigenvalue weighted by Crippen LogP contribution is 2.39. The van der Waals surface area contributed by atoms with E-state index in [1.165, 1.54) is 18.4 Å². The summed E-state index contributed by atoms with van der Waals surface area (Å²) >= 11 is 2.30. The van der Waals surface area contributed by atoms with Crippen molar-refractivity contribution in [2.45, 2.75) is 25.8 Å². The quantitative estimate of drug-likeness (QED) is 0.860. The van der Waals surface area contributed by atoms with Crippen molar-refractivity contribution in [2.24, 2.45) is 11.7 Å². The predicted molar refractivity (Wildman–Crippen MR) is 76.8 cm³/mol. The molecule has 0 aliphatic heterocycles. The number of nitrogens with zero attached hydrogens (tertiary/aromatic N) is 2. The van der Waals surface area contributed by atoms with Crippen LogP contribution in [0.4, 0.5) is 0 Å². The summed E-state index contributed by atoms with van der Waals surface area (Å²) in [5, 5.41) is 4.01. The number of benzene rings is 1. The van der Waals surface area contributed by atoms with E-state index in [1.807, 2.05) is 12.1 Å². The second-order valence-electron chi connectivity index (χ2n) is 4.76. The first-order valence-electron chi connectivity index (χ1n) is 6.01. The maximum absolute atomic E-state index is 6.07. The number of halogens is 1. The second-order valence-corrected chi connectivity index (χ2v) is 5.84. The standard InChI is InChI=1S/C13H14IN3O/c1-7-3-2-4-9(10(7)14)13-16-12(17-18-13)11(15)8-5-6-8/h2-4,8,11H,5-6,15H2,1H3. The van der Waals surface area contributed by atoms with Crippen LogP contribution in [0.1, 0.15) is 30.3 Å². The third-order valence-electron chi connectivity index (χ3n) is 3.29. The topological polar surface area (TPSA) is 64.9 Å². The minimum absolute atomic E-state index is 0.0787. The second kappa shape index (κ2) is 4.62. The van der Waals surface area contributed by atoms with Crippen LogP contribution in [-0.4, -0.2) is 10.1 Å². The lowest BCUT2D eigenvalue weighted by Gasteiger charge is -2.03. The van der Waals surface area contributed by atoms with Crippen molar-refractivity contribution in [3.63, 3.8) is 0 Å². The Morgan fingerprint density at radius 1 is 1.44 bits per heavy atom. The molecule has 1 aromatic heterocycles. The minimum Gasteiger partial charge on any atom is -0.334 e. The maximum Gasteiger partial charge on any atom is 0.259 e. The summed E-state index contributed by atoms with van der Waals surface area (Å²) in [5.74, 6) is 1.73. The SMILES string of the molecule is Cc1cccc(-c2nc(C(N)C3CC3)no2)c1I. The van der Waals surface area contributed by atoms with Gasteiger partial charge < -0.3 is 10.3 Å². The van der Waals surface area contributed by atoms with Gasteiger partial charge in [0.1, 0.15) is 0 Å². The largest absolute Gasteiger partial charge is 0.334 e. The molecule has 0 amide bonds. The van der Waals surface area contributed by atoms with Crippen LogP contribution in [-0.2, 0) is 0 Å². The monoisotopic (exact) mass is 355 g/mol. The van der Waals surface area contributed by atoms with Crippen LogP contribution in [0, 0.1) is 16.4 Å². The van der Waals surface area contributed by atoms with Gasteiger partial charge in [-0.1, -0.05) is 17.3 Å². The molecule has 18 heavy (non-hydrogen) atoms. The Morgan fingerprint density at radius 2 is 2.22 bits per heavy atom. The molecule has 5 heteroatoms. The zero-order valence-electron chi connectivity index (χ0n) is 10.1. The summed E-state index contributed by atoms with van der Waals surface area (Å²) < 4.78 is 6.48. The molecule has 1 unspecified atom stereocenters. The third kappa shape index (κ3) is 2.16. The van der Waals surface area contributed by atoms with E-state index in [4.69, 9.17) is 10.3 Å². The summed E-state index contributed by atoms with van der Waals surface area (Å²) in [6, 6.07) is 5.98. The van der Waals surface area contributed by atoms with Gasteiger partial charge in [-0.15, -0.1) is 0 Å². The number of hydrogen-bond acceptors (Lipinski definition) is 4. The molecule has 0 radical (unpaired) electrons. The molecule has 94 valence electrons. The van der Waals surface area contributed by atoms with Gasteiger partial charge in [-0.3, -0.25) is 0 Å². The average Bonchev–Trinajstić information content (AvgIpc) is 3.10. The van der Waals surface area contributed by atoms with Gasteiger partial charge in [0.2, 0.25) is 0 Å². The summed E-state index contributed by atoms with van der Waals surface area (Å²) in [7, 11) is 0. The van der Waals surface area contributed by atoms with E-state index in [0.29, 0.717) is 17.6 Å². The first-order chi connectivity index (χ1) is 8.66. The van der Waals surface area contributed by atoms with E-state index in [0.717, 1.165) is 9.13 Å². The molecule has 3 rings (SSSR count). The molecule has 1 atom stereocenters. The van der Waals surface area contributed by atoms with Crippen molar-refractivity contribution in [1.82, 2.24) is 10.1 Å². The van der Waals surface area contributed by atoms with Crippen LogP contribution >= 0.6 is 22.6 Å². The molecule has 0 saturated heterocycles. The van der Waals surface area contributed by atoms with Crippen molar-refractivity contribution >= 4 is 22.6 Å². The van der Waals surface area contributed by atoms with Crippen LogP contribution in [0.3, 0.4) is 0 Å². The Kier molecular flexibility index (Phi) is 3.11. The van der Waals surface area contributed by atoms with E-state index in [2.05, 4.69) is 45.7 Å². The van der Waals surface area contributed by atoms with Crippen LogP contribution in [0.5, 0.6) is 0 Å². The number of hydrogen-bond donors (Lipinski definition) is 1. The van der Waals surface area contributed by atoms with Crippen LogP contribution in [0.15, 0.2) is 22.7 Å². The minimum atomic E-state index is -0.0787. The van der Waals surface area contributed by atoms with Gasteiger partial charge in [0.05, 0.1) is 11.6 Å². The fourth-order valence-corrected chi connectivity index (χ4v) is 2.55. The van der Waals surface area contributed by atoms with Gasteiger partial charge in [-0.05, 0) is 59.9 Å². The maximum atomic E-state index is 6.07. The molecule has 4 nitrogen and oxygen atoms in total. The number of aromatic nitrogens is 2. The average molecular weight is 355 g/mol. The lowest BCUT2D eigenvalue weighted by atomic mass is 10.1. The van der Waals surface area contributed by atoms with Gasteiger partial charge in [-0.2, -0.15) is 4.98 Å². The van der Waals surface area contributed by atoms with E-state index >= 15 is 0 Å². The van der Waals surface area contributed by atoms with Gasteiger partial charge in [-0.25, -0.2) is 0 Å². The molecule has 1 fully saturated rings. The van der Waals surface area contributed by atoms with Crippen LogP contribution in [0.2, 0.25) is 0 Å². The molecule has 1 aliphatic rings. The Labute approximate surface area is 119 Å². The summed E-state index contributed by atoms with van der Waals surface area (Å²) in [6.07, 6.45) is 2.35. The molecule has 1 aromatic carbocycles. The Hall–Kier alpha value is -0.950. The zero-order chi connectivity index (χ0) is 12.7. The Morgan fingerprint density at radius 3 is 2.94 bits per heavy atom. The predicted octanol–water partition coefficient (Wildman–Crippen LogP) is 3.06. The lowest BCUT2D eigenvalue weighted by molar-refractivity contribution is 0.411. The molecule has 1 saturated carbocycles. The first-order valence-corrected chi connectivity index (χ1v) is 7.09. The molecule has 1 aliphatic carbocycles. The molecular formula is C13H14IN3O. The van der Waals surface area contributed by atoms with Crippen molar-refractivity contribution in [3.05, 3.63) is 33.2 Å². The lowest BCUT2D eigenvalue weighted by Crippen LogP contribution is -2.13. The fraction of sp³-hybridized carbons (Fsp3) is 0.385. The number of rotatable bonds is 3. The van der Waals surface area contributed by atoms with Crippen molar-refractivity contribution < 1.29 is 4.52 Å².